The van der Waals surface area contributed by atoms with Gasteiger partial charge >= 0.3 is 5.97 Å². The minimum absolute atomic E-state index is 0.255. The van der Waals surface area contributed by atoms with Crippen LogP contribution in [0.2, 0.25) is 0 Å². The standard InChI is InChI=1S/C24H25NO4S/c1-5-28-18-9-7-8-17(13-18)22(26)25-23-21(24(27)29-6-2)20(14-30-23)19-11-10-15(3)12-16(19)4/h7-14H,5-6H2,1-4H3,(H,25,26). The number of anilines is 1. The van der Waals surface area contributed by atoms with E-state index in [1.165, 1.54) is 11.3 Å². The topological polar surface area (TPSA) is 64.6 Å². The molecule has 0 aliphatic rings. The van der Waals surface area contributed by atoms with E-state index in [0.717, 1.165) is 22.3 Å². The molecule has 0 spiro atoms. The highest BCUT2D eigenvalue weighted by Crippen LogP contribution is 2.38. The van der Waals surface area contributed by atoms with Gasteiger partial charge in [0.1, 0.15) is 16.3 Å². The fourth-order valence-corrected chi connectivity index (χ4v) is 4.18. The van der Waals surface area contributed by atoms with Crippen LogP contribution in [0.1, 0.15) is 45.7 Å². The largest absolute Gasteiger partial charge is 0.494 e. The molecular formula is C24H25NO4S. The van der Waals surface area contributed by atoms with Gasteiger partial charge in [0, 0.05) is 16.5 Å². The van der Waals surface area contributed by atoms with Crippen molar-refractivity contribution in [2.24, 2.45) is 0 Å². The minimum atomic E-state index is -0.452. The van der Waals surface area contributed by atoms with Crippen LogP contribution in [0.4, 0.5) is 5.00 Å². The molecule has 0 fully saturated rings. The molecule has 156 valence electrons. The van der Waals surface area contributed by atoms with Crippen molar-refractivity contribution in [2.45, 2.75) is 27.7 Å². The molecule has 0 aliphatic heterocycles. The summed E-state index contributed by atoms with van der Waals surface area (Å²) in [6.07, 6.45) is 0. The molecule has 0 bridgehead atoms. The number of carbonyl (C=O) groups excluding carboxylic acids is 2. The molecule has 0 aliphatic carbocycles. The molecule has 30 heavy (non-hydrogen) atoms. The van der Waals surface area contributed by atoms with Gasteiger partial charge in [0.25, 0.3) is 5.91 Å². The molecular weight excluding hydrogens is 398 g/mol. The average Bonchev–Trinajstić information content (AvgIpc) is 3.12. The Morgan fingerprint density at radius 3 is 2.50 bits per heavy atom. The summed E-state index contributed by atoms with van der Waals surface area (Å²) in [4.78, 5) is 25.6. The Morgan fingerprint density at radius 1 is 1.00 bits per heavy atom. The van der Waals surface area contributed by atoms with Crippen molar-refractivity contribution in [1.82, 2.24) is 0 Å². The first-order valence-electron chi connectivity index (χ1n) is 9.85. The quantitative estimate of drug-likeness (QED) is 0.484. The zero-order valence-electron chi connectivity index (χ0n) is 17.6. The van der Waals surface area contributed by atoms with Crippen molar-refractivity contribution in [3.05, 3.63) is 70.1 Å². The van der Waals surface area contributed by atoms with Gasteiger partial charge in [-0.25, -0.2) is 4.79 Å². The van der Waals surface area contributed by atoms with Crippen LogP contribution in [-0.2, 0) is 4.74 Å². The number of hydrogen-bond donors (Lipinski definition) is 1. The van der Waals surface area contributed by atoms with Crippen LogP contribution in [0, 0.1) is 13.8 Å². The number of benzene rings is 2. The number of carbonyl (C=O) groups is 2. The van der Waals surface area contributed by atoms with Crippen molar-refractivity contribution in [2.75, 3.05) is 18.5 Å². The second-order valence-corrected chi connectivity index (χ2v) is 7.69. The van der Waals surface area contributed by atoms with Crippen LogP contribution in [-0.4, -0.2) is 25.1 Å². The number of rotatable bonds is 7. The van der Waals surface area contributed by atoms with E-state index in [1.807, 2.05) is 38.3 Å². The highest BCUT2D eigenvalue weighted by atomic mass is 32.1. The molecule has 0 unspecified atom stereocenters. The maximum atomic E-state index is 12.8. The number of thiophene rings is 1. The lowest BCUT2D eigenvalue weighted by molar-refractivity contribution is 0.0529. The van der Waals surface area contributed by atoms with Gasteiger partial charge < -0.3 is 14.8 Å². The number of amides is 1. The van der Waals surface area contributed by atoms with Crippen molar-refractivity contribution in [1.29, 1.82) is 0 Å². The molecule has 0 atom stereocenters. The van der Waals surface area contributed by atoms with Gasteiger partial charge in [-0.15, -0.1) is 11.3 Å². The highest BCUT2D eigenvalue weighted by molar-refractivity contribution is 7.15. The first kappa shape index (κ1) is 21.6. The predicted octanol–water partition coefficient (Wildman–Crippen LogP) is 5.86. The zero-order valence-corrected chi connectivity index (χ0v) is 18.4. The van der Waals surface area contributed by atoms with E-state index in [1.54, 1.807) is 31.2 Å². The third-order valence-corrected chi connectivity index (χ3v) is 5.47. The molecule has 1 amide bonds. The predicted molar refractivity (Wildman–Crippen MR) is 121 cm³/mol. The molecule has 1 N–H and O–H groups in total. The Morgan fingerprint density at radius 2 is 1.80 bits per heavy atom. The highest BCUT2D eigenvalue weighted by Gasteiger charge is 2.24. The maximum absolute atomic E-state index is 12.8. The molecule has 6 heteroatoms. The summed E-state index contributed by atoms with van der Waals surface area (Å²) in [6.45, 7) is 8.45. The molecule has 2 aromatic carbocycles. The summed E-state index contributed by atoms with van der Waals surface area (Å²) in [6, 6.07) is 13.0. The SMILES string of the molecule is CCOC(=O)c1c(-c2ccc(C)cc2C)csc1NC(=O)c1cccc(OCC)c1. The maximum Gasteiger partial charge on any atom is 0.341 e. The summed E-state index contributed by atoms with van der Waals surface area (Å²) >= 11 is 1.31. The Balaban J connectivity index is 1.98. The third kappa shape index (κ3) is 4.71. The van der Waals surface area contributed by atoms with Crippen molar-refractivity contribution in [3.8, 4) is 16.9 Å². The van der Waals surface area contributed by atoms with Gasteiger partial charge in [-0.1, -0.05) is 29.8 Å². The fourth-order valence-electron chi connectivity index (χ4n) is 3.24. The summed E-state index contributed by atoms with van der Waals surface area (Å²) in [5.41, 5.74) is 4.74. The van der Waals surface area contributed by atoms with Crippen LogP contribution in [0.25, 0.3) is 11.1 Å². The van der Waals surface area contributed by atoms with Crippen molar-refractivity contribution >= 4 is 28.2 Å². The number of ether oxygens (including phenoxy) is 2. The van der Waals surface area contributed by atoms with Crippen molar-refractivity contribution < 1.29 is 19.1 Å². The van der Waals surface area contributed by atoms with E-state index < -0.39 is 5.97 Å². The summed E-state index contributed by atoms with van der Waals surface area (Å²) in [7, 11) is 0. The molecule has 0 saturated heterocycles. The Labute approximate surface area is 180 Å². The summed E-state index contributed by atoms with van der Waals surface area (Å²) in [5.74, 6) is -0.138. The zero-order chi connectivity index (χ0) is 21.7. The van der Waals surface area contributed by atoms with Crippen molar-refractivity contribution in [3.63, 3.8) is 0 Å². The van der Waals surface area contributed by atoms with E-state index >= 15 is 0 Å². The first-order valence-corrected chi connectivity index (χ1v) is 10.7. The molecule has 1 aromatic heterocycles. The average molecular weight is 424 g/mol. The van der Waals surface area contributed by atoms with Crippen LogP contribution in [0.15, 0.2) is 47.8 Å². The van der Waals surface area contributed by atoms with Gasteiger partial charge in [0.2, 0.25) is 0 Å². The summed E-state index contributed by atoms with van der Waals surface area (Å²) < 4.78 is 10.8. The first-order chi connectivity index (χ1) is 14.4. The van der Waals surface area contributed by atoms with Gasteiger partial charge in [0.05, 0.1) is 13.2 Å². The number of nitrogens with one attached hydrogen (secondary N) is 1. The van der Waals surface area contributed by atoms with Crippen LogP contribution in [0.3, 0.4) is 0 Å². The van der Waals surface area contributed by atoms with Gasteiger partial charge in [-0.3, -0.25) is 4.79 Å². The van der Waals surface area contributed by atoms with Crippen LogP contribution >= 0.6 is 11.3 Å². The van der Waals surface area contributed by atoms with Crippen LogP contribution < -0.4 is 10.1 Å². The second kappa shape index (κ2) is 9.59. The number of hydrogen-bond acceptors (Lipinski definition) is 5. The lowest BCUT2D eigenvalue weighted by Gasteiger charge is -2.11. The molecule has 1 heterocycles. The molecule has 0 saturated carbocycles. The Kier molecular flexibility index (Phi) is 6.90. The van der Waals surface area contributed by atoms with E-state index in [4.69, 9.17) is 9.47 Å². The third-order valence-electron chi connectivity index (χ3n) is 4.58. The Hall–Kier alpha value is -3.12. The van der Waals surface area contributed by atoms with E-state index in [9.17, 15) is 9.59 Å². The molecule has 3 aromatic rings. The van der Waals surface area contributed by atoms with E-state index in [-0.39, 0.29) is 12.5 Å². The Bertz CT molecular complexity index is 1070. The lowest BCUT2D eigenvalue weighted by atomic mass is 9.97. The molecule has 3 rings (SSSR count). The number of esters is 1. The van der Waals surface area contributed by atoms with Gasteiger partial charge in [-0.2, -0.15) is 0 Å². The van der Waals surface area contributed by atoms with Gasteiger partial charge in [0.15, 0.2) is 0 Å². The monoisotopic (exact) mass is 423 g/mol. The smallest absolute Gasteiger partial charge is 0.341 e. The van der Waals surface area contributed by atoms with Gasteiger partial charge in [-0.05, 0) is 57.0 Å². The summed E-state index contributed by atoms with van der Waals surface area (Å²) in [5, 5.41) is 5.23. The molecule has 0 radical (unpaired) electrons. The number of aryl methyl sites for hydroxylation is 2. The normalized spacial score (nSPS) is 10.5. The van der Waals surface area contributed by atoms with E-state index in [0.29, 0.717) is 28.5 Å². The lowest BCUT2D eigenvalue weighted by Crippen LogP contribution is -2.15. The van der Waals surface area contributed by atoms with Crippen LogP contribution in [0.5, 0.6) is 5.75 Å². The molecule has 5 nitrogen and oxygen atoms in total. The minimum Gasteiger partial charge on any atom is -0.494 e. The second-order valence-electron chi connectivity index (χ2n) is 6.81. The van der Waals surface area contributed by atoms with E-state index in [2.05, 4.69) is 11.4 Å². The fraction of sp³-hybridized carbons (Fsp3) is 0.250.